The number of hydrogen-bond acceptors (Lipinski definition) is 3. The predicted molar refractivity (Wildman–Crippen MR) is 43.7 cm³/mol. The van der Waals surface area contributed by atoms with Crippen molar-refractivity contribution in [3.8, 4) is 0 Å². The number of carbonyl (C=O) groups is 1. The monoisotopic (exact) mass is 157 g/mol. The molecule has 0 rings (SSSR count). The van der Waals surface area contributed by atoms with Gasteiger partial charge >= 0.3 is 5.97 Å². The van der Waals surface area contributed by atoms with Crippen LogP contribution in [0, 0.1) is 5.92 Å². The van der Waals surface area contributed by atoms with Crippen molar-refractivity contribution in [2.24, 2.45) is 5.92 Å². The molecular formula is C8H15NO2. The molecule has 1 unspecified atom stereocenters. The van der Waals surface area contributed by atoms with Gasteiger partial charge in [0, 0.05) is 13.1 Å². The Morgan fingerprint density at radius 1 is 1.73 bits per heavy atom. The van der Waals surface area contributed by atoms with Crippen LogP contribution in [0.25, 0.3) is 0 Å². The normalized spacial score (nSPS) is 13.4. The number of hydroxylamine groups is 1. The summed E-state index contributed by atoms with van der Waals surface area (Å²) < 4.78 is 0. The minimum absolute atomic E-state index is 0.354. The molecule has 1 atom stereocenters. The molecule has 0 aromatic rings. The van der Waals surface area contributed by atoms with Crippen molar-refractivity contribution in [1.29, 1.82) is 0 Å². The molecule has 3 heteroatoms. The van der Waals surface area contributed by atoms with Gasteiger partial charge in [0.05, 0.1) is 0 Å². The van der Waals surface area contributed by atoms with Crippen LogP contribution in [0.3, 0.4) is 0 Å². The predicted octanol–water partition coefficient (Wildman–Crippen LogP) is 1.27. The largest absolute Gasteiger partial charge is 0.367 e. The van der Waals surface area contributed by atoms with Crippen LogP contribution >= 0.6 is 0 Å². The molecule has 0 aliphatic rings. The van der Waals surface area contributed by atoms with Crippen molar-refractivity contribution in [3.63, 3.8) is 0 Å². The second-order valence-corrected chi connectivity index (χ2v) is 2.37. The molecule has 11 heavy (non-hydrogen) atoms. The fraction of sp³-hybridized carbons (Fsp3) is 0.625. The maximum absolute atomic E-state index is 10.7. The Hall–Kier alpha value is -0.830. The lowest BCUT2D eigenvalue weighted by atomic mass is 10.1. The Labute approximate surface area is 67.4 Å². The van der Waals surface area contributed by atoms with E-state index < -0.39 is 0 Å². The number of carbonyl (C=O) groups excluding carboxylic acids is 1. The van der Waals surface area contributed by atoms with E-state index >= 15 is 0 Å². The van der Waals surface area contributed by atoms with Gasteiger partial charge in [0.2, 0.25) is 0 Å². The van der Waals surface area contributed by atoms with Crippen LogP contribution in [-0.2, 0) is 9.63 Å². The molecular weight excluding hydrogens is 142 g/mol. The number of hydrogen-bond donors (Lipinski definition) is 1. The Balaban J connectivity index is 3.63. The van der Waals surface area contributed by atoms with E-state index in [1.165, 1.54) is 6.08 Å². The van der Waals surface area contributed by atoms with E-state index in [1.54, 1.807) is 7.05 Å². The average Bonchev–Trinajstić information content (AvgIpc) is 2.01. The molecule has 0 saturated heterocycles. The summed E-state index contributed by atoms with van der Waals surface area (Å²) in [7, 11) is 1.55. The molecule has 0 aromatic heterocycles. The molecule has 0 aliphatic carbocycles. The van der Waals surface area contributed by atoms with Gasteiger partial charge in [-0.1, -0.05) is 26.3 Å². The summed E-state index contributed by atoms with van der Waals surface area (Å²) >= 11 is 0. The van der Waals surface area contributed by atoms with Crippen LogP contribution in [0.15, 0.2) is 12.2 Å². The molecule has 1 N–H and O–H groups in total. The zero-order valence-electron chi connectivity index (χ0n) is 7.26. The standard InChI is InChI=1S/C8H15NO2/c1-4-7(2)5-6-8(10)11-9-3/h5-7,9H,4H2,1-3H3/b6-5+. The van der Waals surface area contributed by atoms with Crippen molar-refractivity contribution < 1.29 is 9.63 Å². The van der Waals surface area contributed by atoms with Crippen LogP contribution in [-0.4, -0.2) is 13.0 Å². The van der Waals surface area contributed by atoms with E-state index in [-0.39, 0.29) is 5.97 Å². The van der Waals surface area contributed by atoms with Crippen molar-refractivity contribution in [2.45, 2.75) is 20.3 Å². The Kier molecular flexibility index (Phi) is 5.47. The maximum Gasteiger partial charge on any atom is 0.349 e. The van der Waals surface area contributed by atoms with Crippen molar-refractivity contribution in [1.82, 2.24) is 5.48 Å². The Bertz CT molecular complexity index is 143. The third-order valence-electron chi connectivity index (χ3n) is 1.41. The SMILES string of the molecule is CCC(C)/C=C/C(=O)ONC. The first-order chi connectivity index (χ1) is 5.20. The van der Waals surface area contributed by atoms with E-state index in [0.717, 1.165) is 6.42 Å². The summed E-state index contributed by atoms with van der Waals surface area (Å²) in [6.45, 7) is 4.11. The van der Waals surface area contributed by atoms with E-state index in [2.05, 4.69) is 17.2 Å². The zero-order chi connectivity index (χ0) is 8.69. The van der Waals surface area contributed by atoms with E-state index in [4.69, 9.17) is 0 Å². The van der Waals surface area contributed by atoms with Crippen molar-refractivity contribution >= 4 is 5.97 Å². The minimum Gasteiger partial charge on any atom is -0.367 e. The fourth-order valence-electron chi connectivity index (χ4n) is 0.514. The van der Waals surface area contributed by atoms with Crippen LogP contribution in [0.5, 0.6) is 0 Å². The lowest BCUT2D eigenvalue weighted by molar-refractivity contribution is -0.143. The number of rotatable bonds is 4. The molecule has 0 aliphatic heterocycles. The topological polar surface area (TPSA) is 38.3 Å². The second kappa shape index (κ2) is 5.92. The van der Waals surface area contributed by atoms with Crippen molar-refractivity contribution in [2.75, 3.05) is 7.05 Å². The summed E-state index contributed by atoms with van der Waals surface area (Å²) in [5.74, 6) is 0.0761. The molecule has 0 amide bonds. The fourth-order valence-corrected chi connectivity index (χ4v) is 0.514. The molecule has 0 bridgehead atoms. The Morgan fingerprint density at radius 3 is 2.82 bits per heavy atom. The third kappa shape index (κ3) is 5.61. The summed E-state index contributed by atoms with van der Waals surface area (Å²) in [5.41, 5.74) is 2.31. The van der Waals surface area contributed by atoms with Gasteiger partial charge in [0.1, 0.15) is 0 Å². The third-order valence-corrected chi connectivity index (χ3v) is 1.41. The van der Waals surface area contributed by atoms with Gasteiger partial charge in [-0.05, 0) is 5.92 Å². The molecule has 0 fully saturated rings. The molecule has 0 aromatic carbocycles. The van der Waals surface area contributed by atoms with Gasteiger partial charge in [-0.25, -0.2) is 4.79 Å². The van der Waals surface area contributed by atoms with Gasteiger partial charge in [-0.3, -0.25) is 0 Å². The van der Waals surface area contributed by atoms with Gasteiger partial charge in [-0.15, -0.1) is 0 Å². The highest BCUT2D eigenvalue weighted by atomic mass is 16.7. The maximum atomic E-state index is 10.7. The summed E-state index contributed by atoms with van der Waals surface area (Å²) in [4.78, 5) is 15.2. The lowest BCUT2D eigenvalue weighted by Crippen LogP contribution is -2.12. The van der Waals surface area contributed by atoms with Crippen LogP contribution in [0.2, 0.25) is 0 Å². The molecule has 64 valence electrons. The second-order valence-electron chi connectivity index (χ2n) is 2.37. The quantitative estimate of drug-likeness (QED) is 0.493. The van der Waals surface area contributed by atoms with Crippen LogP contribution in [0.1, 0.15) is 20.3 Å². The van der Waals surface area contributed by atoms with Gasteiger partial charge in [0.15, 0.2) is 0 Å². The van der Waals surface area contributed by atoms with Gasteiger partial charge < -0.3 is 4.84 Å². The zero-order valence-corrected chi connectivity index (χ0v) is 7.26. The minimum atomic E-state index is -0.354. The first-order valence-electron chi connectivity index (χ1n) is 3.76. The number of nitrogens with one attached hydrogen (secondary N) is 1. The molecule has 0 saturated carbocycles. The van der Waals surface area contributed by atoms with Crippen molar-refractivity contribution in [3.05, 3.63) is 12.2 Å². The summed E-state index contributed by atoms with van der Waals surface area (Å²) in [6, 6.07) is 0. The first-order valence-corrected chi connectivity index (χ1v) is 3.76. The molecule has 0 spiro atoms. The van der Waals surface area contributed by atoms with E-state index in [1.807, 2.05) is 13.0 Å². The smallest absolute Gasteiger partial charge is 0.349 e. The van der Waals surface area contributed by atoms with Gasteiger partial charge in [0.25, 0.3) is 0 Å². The first kappa shape index (κ1) is 10.2. The van der Waals surface area contributed by atoms with E-state index in [9.17, 15) is 4.79 Å². The average molecular weight is 157 g/mol. The molecule has 0 heterocycles. The summed E-state index contributed by atoms with van der Waals surface area (Å²) in [6.07, 6.45) is 4.30. The molecule has 0 radical (unpaired) electrons. The molecule has 3 nitrogen and oxygen atoms in total. The summed E-state index contributed by atoms with van der Waals surface area (Å²) in [5, 5.41) is 0. The Morgan fingerprint density at radius 2 is 2.36 bits per heavy atom. The highest BCUT2D eigenvalue weighted by Crippen LogP contribution is 2.01. The highest BCUT2D eigenvalue weighted by molar-refractivity contribution is 5.81. The highest BCUT2D eigenvalue weighted by Gasteiger charge is 1.95. The number of allylic oxidation sites excluding steroid dienone is 1. The lowest BCUT2D eigenvalue weighted by Gasteiger charge is -1.99. The van der Waals surface area contributed by atoms with Crippen LogP contribution in [0.4, 0.5) is 0 Å². The van der Waals surface area contributed by atoms with E-state index in [0.29, 0.717) is 5.92 Å². The van der Waals surface area contributed by atoms with Crippen LogP contribution < -0.4 is 5.48 Å². The van der Waals surface area contributed by atoms with Gasteiger partial charge in [-0.2, -0.15) is 5.48 Å².